The lowest BCUT2D eigenvalue weighted by molar-refractivity contribution is -0.129. The van der Waals surface area contributed by atoms with E-state index in [0.29, 0.717) is 11.3 Å². The number of amides is 5. The summed E-state index contributed by atoms with van der Waals surface area (Å²) in [4.78, 5) is 61.3. The molecule has 33 heavy (non-hydrogen) atoms. The molecule has 2 aromatic rings. The van der Waals surface area contributed by atoms with Crippen LogP contribution >= 0.6 is 0 Å². The van der Waals surface area contributed by atoms with Gasteiger partial charge in [0, 0.05) is 12.2 Å². The summed E-state index contributed by atoms with van der Waals surface area (Å²) in [6, 6.07) is 12.2. The molecule has 1 aliphatic rings. The van der Waals surface area contributed by atoms with Crippen molar-refractivity contribution in [2.75, 3.05) is 18.5 Å². The number of nitrogens with zero attached hydrogens (tertiary/aromatic N) is 1. The maximum absolute atomic E-state index is 12.4. The van der Waals surface area contributed by atoms with Crippen LogP contribution in [0.3, 0.4) is 0 Å². The van der Waals surface area contributed by atoms with Crippen molar-refractivity contribution in [3.63, 3.8) is 0 Å². The third kappa shape index (κ3) is 5.79. The fraction of sp³-hybridized carbons (Fsp3) is 0.125. The normalized spacial score (nSPS) is 14.6. The number of hydrogen-bond donors (Lipinski definition) is 2. The van der Waals surface area contributed by atoms with Gasteiger partial charge in [0.15, 0.2) is 6.61 Å². The predicted molar refractivity (Wildman–Crippen MR) is 120 cm³/mol. The number of aryl methyl sites for hydroxylation is 1. The minimum absolute atomic E-state index is 0.0441. The summed E-state index contributed by atoms with van der Waals surface area (Å²) < 4.78 is 5.02. The third-order valence-corrected chi connectivity index (χ3v) is 4.62. The first-order valence-corrected chi connectivity index (χ1v) is 9.92. The number of urea groups is 1. The first-order valence-electron chi connectivity index (χ1n) is 9.92. The molecule has 2 aromatic carbocycles. The highest BCUT2D eigenvalue weighted by molar-refractivity contribution is 6.31. The first-order chi connectivity index (χ1) is 15.8. The van der Waals surface area contributed by atoms with Crippen LogP contribution in [0.4, 0.5) is 10.5 Å². The number of imide groups is 2. The zero-order chi connectivity index (χ0) is 24.0. The smallest absolute Gasteiger partial charge is 0.338 e. The fourth-order valence-electron chi connectivity index (χ4n) is 2.92. The Labute approximate surface area is 189 Å². The predicted octanol–water partition coefficient (Wildman–Crippen LogP) is 2.44. The van der Waals surface area contributed by atoms with E-state index in [1.165, 1.54) is 36.4 Å². The second-order valence-corrected chi connectivity index (χ2v) is 7.13. The second-order valence-electron chi connectivity index (χ2n) is 7.13. The standard InChI is InChI=1S/C24H21N3O6/c1-3-12-27-22(30)19(21(29)26-24(27)32)13-16-6-8-17(9-7-16)23(31)33-14-20(28)25-18-10-4-15(2)5-11-18/h3-11,13H,1,12,14H2,2H3,(H,25,28)(H,26,29,32)/b19-13+. The minimum atomic E-state index is -0.813. The van der Waals surface area contributed by atoms with Crippen LogP contribution in [-0.2, 0) is 19.1 Å². The minimum Gasteiger partial charge on any atom is -0.452 e. The monoisotopic (exact) mass is 447 g/mol. The number of rotatable bonds is 7. The maximum Gasteiger partial charge on any atom is 0.338 e. The van der Waals surface area contributed by atoms with Crippen molar-refractivity contribution in [1.29, 1.82) is 0 Å². The number of carbonyl (C=O) groups is 5. The van der Waals surface area contributed by atoms with Gasteiger partial charge in [-0.05, 0) is 42.8 Å². The molecule has 9 heteroatoms. The molecular weight excluding hydrogens is 426 g/mol. The van der Waals surface area contributed by atoms with Gasteiger partial charge < -0.3 is 10.1 Å². The number of hydrogen-bond acceptors (Lipinski definition) is 6. The molecule has 168 valence electrons. The van der Waals surface area contributed by atoms with Gasteiger partial charge in [-0.2, -0.15) is 0 Å². The second kappa shape index (κ2) is 10.2. The molecule has 0 spiro atoms. The van der Waals surface area contributed by atoms with Crippen LogP contribution in [0.25, 0.3) is 6.08 Å². The van der Waals surface area contributed by atoms with Gasteiger partial charge in [-0.15, -0.1) is 6.58 Å². The van der Waals surface area contributed by atoms with Crippen LogP contribution in [0.2, 0.25) is 0 Å². The van der Waals surface area contributed by atoms with Crippen LogP contribution < -0.4 is 10.6 Å². The molecule has 0 atom stereocenters. The Kier molecular flexibility index (Phi) is 7.14. The summed E-state index contributed by atoms with van der Waals surface area (Å²) in [6.45, 7) is 4.90. The Morgan fingerprint density at radius 2 is 1.73 bits per heavy atom. The number of ether oxygens (including phenoxy) is 1. The molecule has 0 bridgehead atoms. The van der Waals surface area contributed by atoms with Gasteiger partial charge in [-0.1, -0.05) is 35.9 Å². The molecule has 5 amide bonds. The zero-order valence-electron chi connectivity index (χ0n) is 17.8. The molecule has 1 heterocycles. The van der Waals surface area contributed by atoms with E-state index in [4.69, 9.17) is 4.74 Å². The van der Waals surface area contributed by atoms with Gasteiger partial charge in [-0.3, -0.25) is 24.6 Å². The van der Waals surface area contributed by atoms with Crippen molar-refractivity contribution in [2.24, 2.45) is 0 Å². The third-order valence-electron chi connectivity index (χ3n) is 4.62. The average Bonchev–Trinajstić information content (AvgIpc) is 2.80. The number of carbonyl (C=O) groups excluding carboxylic acids is 5. The summed E-state index contributed by atoms with van der Waals surface area (Å²) in [5.41, 5.74) is 2.06. The largest absolute Gasteiger partial charge is 0.452 e. The molecule has 0 saturated carbocycles. The van der Waals surface area contributed by atoms with Gasteiger partial charge in [0.2, 0.25) is 0 Å². The van der Waals surface area contributed by atoms with E-state index in [1.807, 2.05) is 19.1 Å². The van der Waals surface area contributed by atoms with E-state index in [1.54, 1.807) is 12.1 Å². The van der Waals surface area contributed by atoms with Crippen LogP contribution in [0, 0.1) is 6.92 Å². The number of barbiturate groups is 1. The fourth-order valence-corrected chi connectivity index (χ4v) is 2.92. The molecule has 0 unspecified atom stereocenters. The van der Waals surface area contributed by atoms with Crippen molar-refractivity contribution in [2.45, 2.75) is 6.92 Å². The van der Waals surface area contributed by atoms with Crippen molar-refractivity contribution < 1.29 is 28.7 Å². The molecule has 1 aliphatic heterocycles. The number of benzene rings is 2. The van der Waals surface area contributed by atoms with Crippen LogP contribution in [-0.4, -0.2) is 47.8 Å². The Morgan fingerprint density at radius 1 is 1.06 bits per heavy atom. The topological polar surface area (TPSA) is 122 Å². The lowest BCUT2D eigenvalue weighted by Crippen LogP contribution is -2.54. The summed E-state index contributed by atoms with van der Waals surface area (Å²) in [5, 5.41) is 4.72. The van der Waals surface area contributed by atoms with E-state index in [0.717, 1.165) is 10.5 Å². The highest BCUT2D eigenvalue weighted by atomic mass is 16.5. The van der Waals surface area contributed by atoms with Crippen LogP contribution in [0.5, 0.6) is 0 Å². The van der Waals surface area contributed by atoms with Crippen LogP contribution in [0.15, 0.2) is 66.8 Å². The molecular formula is C24H21N3O6. The first kappa shape index (κ1) is 23.1. The Hall–Kier alpha value is -4.53. The van der Waals surface area contributed by atoms with Gasteiger partial charge >= 0.3 is 12.0 Å². The molecule has 1 saturated heterocycles. The van der Waals surface area contributed by atoms with Gasteiger partial charge in [-0.25, -0.2) is 9.59 Å². The summed E-state index contributed by atoms with van der Waals surface area (Å²) in [6.07, 6.45) is 2.68. The maximum atomic E-state index is 12.4. The number of esters is 1. The van der Waals surface area contributed by atoms with Gasteiger partial charge in [0.1, 0.15) is 5.57 Å². The Balaban J connectivity index is 1.61. The molecule has 0 aromatic heterocycles. The molecule has 3 rings (SSSR count). The van der Waals surface area contributed by atoms with Crippen molar-refractivity contribution in [3.05, 3.63) is 83.4 Å². The van der Waals surface area contributed by atoms with E-state index in [9.17, 15) is 24.0 Å². The highest BCUT2D eigenvalue weighted by Crippen LogP contribution is 2.16. The van der Waals surface area contributed by atoms with E-state index in [-0.39, 0.29) is 17.7 Å². The highest BCUT2D eigenvalue weighted by Gasteiger charge is 2.34. The number of nitrogens with one attached hydrogen (secondary N) is 2. The Morgan fingerprint density at radius 3 is 2.36 bits per heavy atom. The molecule has 1 fully saturated rings. The SMILES string of the molecule is C=CCN1C(=O)NC(=O)/C(=C\c2ccc(C(=O)OCC(=O)Nc3ccc(C)cc3)cc2)C1=O. The van der Waals surface area contributed by atoms with E-state index >= 15 is 0 Å². The van der Waals surface area contributed by atoms with E-state index < -0.39 is 36.3 Å². The zero-order valence-corrected chi connectivity index (χ0v) is 17.8. The summed E-state index contributed by atoms with van der Waals surface area (Å²) in [7, 11) is 0. The average molecular weight is 447 g/mol. The van der Waals surface area contributed by atoms with Gasteiger partial charge in [0.25, 0.3) is 17.7 Å². The molecule has 2 N–H and O–H groups in total. The lowest BCUT2D eigenvalue weighted by Gasteiger charge is -2.25. The molecule has 0 aliphatic carbocycles. The quantitative estimate of drug-likeness (QED) is 0.291. The molecule has 9 nitrogen and oxygen atoms in total. The van der Waals surface area contributed by atoms with Crippen molar-refractivity contribution in [1.82, 2.24) is 10.2 Å². The Bertz CT molecular complexity index is 1150. The lowest BCUT2D eigenvalue weighted by atomic mass is 10.1. The van der Waals surface area contributed by atoms with Crippen molar-refractivity contribution >= 4 is 41.5 Å². The van der Waals surface area contributed by atoms with Crippen molar-refractivity contribution in [3.8, 4) is 0 Å². The molecule has 0 radical (unpaired) electrons. The summed E-state index contributed by atoms with van der Waals surface area (Å²) >= 11 is 0. The number of anilines is 1. The van der Waals surface area contributed by atoms with Crippen LogP contribution in [0.1, 0.15) is 21.5 Å². The summed E-state index contributed by atoms with van der Waals surface area (Å²) in [5.74, 6) is -2.74. The van der Waals surface area contributed by atoms with E-state index in [2.05, 4.69) is 17.2 Å². The van der Waals surface area contributed by atoms with Gasteiger partial charge in [0.05, 0.1) is 5.56 Å².